The maximum Gasteiger partial charge on any atom is 0.166 e. The molecular formula is C3H6IN3. The molecule has 0 aromatic rings. The maximum absolute atomic E-state index is 3.87. The van der Waals surface area contributed by atoms with Crippen LogP contribution in [-0.2, 0) is 0 Å². The van der Waals surface area contributed by atoms with Crippen LogP contribution in [0.15, 0.2) is 5.10 Å². The molecule has 1 aliphatic heterocycles. The van der Waals surface area contributed by atoms with Crippen molar-refractivity contribution >= 4 is 28.4 Å². The van der Waals surface area contributed by atoms with E-state index in [0.29, 0.717) is 0 Å². The Hall–Kier alpha value is -0.0000000000000000555. The Morgan fingerprint density at radius 3 is 2.71 bits per heavy atom. The lowest BCUT2D eigenvalue weighted by molar-refractivity contribution is 0.744. The van der Waals surface area contributed by atoms with Gasteiger partial charge in [0.15, 0.2) is 4.17 Å². The van der Waals surface area contributed by atoms with Crippen LogP contribution in [0, 0.1) is 0 Å². The van der Waals surface area contributed by atoms with Gasteiger partial charge in [0, 0.05) is 0 Å². The van der Waals surface area contributed by atoms with Gasteiger partial charge in [0.25, 0.3) is 0 Å². The molecule has 0 spiro atoms. The van der Waals surface area contributed by atoms with Crippen molar-refractivity contribution in [3.63, 3.8) is 0 Å². The number of nitrogens with zero attached hydrogens (tertiary/aromatic N) is 1. The second-order valence-electron chi connectivity index (χ2n) is 1.33. The van der Waals surface area contributed by atoms with Crippen molar-refractivity contribution in [3.8, 4) is 0 Å². The maximum atomic E-state index is 3.87. The van der Waals surface area contributed by atoms with Gasteiger partial charge >= 0.3 is 0 Å². The SMILES string of the molecule is CC1=NNC(I)N1. The van der Waals surface area contributed by atoms with Crippen molar-refractivity contribution in [1.82, 2.24) is 10.7 Å². The van der Waals surface area contributed by atoms with Gasteiger partial charge in [-0.1, -0.05) is 0 Å². The molecule has 0 aromatic heterocycles. The Bertz CT molecular complexity index is 100. The molecule has 0 amide bonds. The van der Waals surface area contributed by atoms with E-state index in [1.165, 1.54) is 0 Å². The molecule has 1 rings (SSSR count). The summed E-state index contributed by atoms with van der Waals surface area (Å²) < 4.78 is 0.289. The average molecular weight is 211 g/mol. The van der Waals surface area contributed by atoms with Crippen molar-refractivity contribution in [2.75, 3.05) is 0 Å². The molecule has 7 heavy (non-hydrogen) atoms. The topological polar surface area (TPSA) is 36.4 Å². The smallest absolute Gasteiger partial charge is 0.166 e. The minimum absolute atomic E-state index is 0.289. The molecular weight excluding hydrogens is 205 g/mol. The fraction of sp³-hybridized carbons (Fsp3) is 0.667. The van der Waals surface area contributed by atoms with E-state index in [1.54, 1.807) is 0 Å². The number of alkyl halides is 1. The van der Waals surface area contributed by atoms with Gasteiger partial charge in [0.2, 0.25) is 0 Å². The summed E-state index contributed by atoms with van der Waals surface area (Å²) in [5.41, 5.74) is 2.83. The molecule has 0 bridgehead atoms. The van der Waals surface area contributed by atoms with Crippen LogP contribution in [0.3, 0.4) is 0 Å². The largest absolute Gasteiger partial charge is 0.343 e. The van der Waals surface area contributed by atoms with Gasteiger partial charge in [-0.3, -0.25) is 5.43 Å². The third-order valence-electron chi connectivity index (χ3n) is 0.681. The third-order valence-corrected chi connectivity index (χ3v) is 1.27. The van der Waals surface area contributed by atoms with E-state index >= 15 is 0 Å². The van der Waals surface area contributed by atoms with Crippen molar-refractivity contribution in [2.24, 2.45) is 5.10 Å². The molecule has 4 heteroatoms. The number of hydrogen-bond acceptors (Lipinski definition) is 3. The summed E-state index contributed by atoms with van der Waals surface area (Å²) in [7, 11) is 0. The summed E-state index contributed by atoms with van der Waals surface area (Å²) in [5, 5.41) is 6.91. The van der Waals surface area contributed by atoms with E-state index in [-0.39, 0.29) is 4.17 Å². The van der Waals surface area contributed by atoms with E-state index in [9.17, 15) is 0 Å². The molecule has 1 unspecified atom stereocenters. The molecule has 40 valence electrons. The van der Waals surface area contributed by atoms with Crippen LogP contribution in [0.4, 0.5) is 0 Å². The van der Waals surface area contributed by atoms with Gasteiger partial charge in [0.1, 0.15) is 5.84 Å². The molecule has 2 N–H and O–H groups in total. The highest BCUT2D eigenvalue weighted by molar-refractivity contribution is 14.1. The third kappa shape index (κ3) is 1.19. The number of hydrogen-bond donors (Lipinski definition) is 2. The Kier molecular flexibility index (Phi) is 1.36. The van der Waals surface area contributed by atoms with Crippen LogP contribution in [0.1, 0.15) is 6.92 Å². The van der Waals surface area contributed by atoms with Crippen molar-refractivity contribution < 1.29 is 0 Å². The molecule has 0 saturated heterocycles. The predicted molar refractivity (Wildman–Crippen MR) is 37.2 cm³/mol. The van der Waals surface area contributed by atoms with Gasteiger partial charge in [-0.15, -0.1) is 0 Å². The summed E-state index contributed by atoms with van der Waals surface area (Å²) in [6.45, 7) is 1.92. The Balaban J connectivity index is 2.42. The van der Waals surface area contributed by atoms with Crippen LogP contribution in [0.25, 0.3) is 0 Å². The van der Waals surface area contributed by atoms with Crippen molar-refractivity contribution in [2.45, 2.75) is 11.1 Å². The molecule has 0 saturated carbocycles. The number of amidine groups is 1. The molecule has 1 heterocycles. The van der Waals surface area contributed by atoms with E-state index in [0.717, 1.165) is 5.84 Å². The molecule has 0 radical (unpaired) electrons. The van der Waals surface area contributed by atoms with Crippen molar-refractivity contribution in [1.29, 1.82) is 0 Å². The minimum atomic E-state index is 0.289. The zero-order valence-electron chi connectivity index (χ0n) is 3.90. The zero-order valence-corrected chi connectivity index (χ0v) is 6.06. The van der Waals surface area contributed by atoms with Crippen LogP contribution >= 0.6 is 22.6 Å². The van der Waals surface area contributed by atoms with Crippen molar-refractivity contribution in [3.05, 3.63) is 0 Å². The van der Waals surface area contributed by atoms with Gasteiger partial charge < -0.3 is 5.32 Å². The quantitative estimate of drug-likeness (QED) is 0.342. The molecule has 0 aromatic carbocycles. The van der Waals surface area contributed by atoms with Crippen LogP contribution in [-0.4, -0.2) is 10.0 Å². The highest BCUT2D eigenvalue weighted by Gasteiger charge is 2.06. The second-order valence-corrected chi connectivity index (χ2v) is 2.58. The van der Waals surface area contributed by atoms with E-state index in [4.69, 9.17) is 0 Å². The number of nitrogens with one attached hydrogen (secondary N) is 2. The average Bonchev–Trinajstić information content (AvgIpc) is 1.87. The lowest BCUT2D eigenvalue weighted by Gasteiger charge is -1.97. The van der Waals surface area contributed by atoms with E-state index < -0.39 is 0 Å². The first kappa shape index (κ1) is 5.14. The highest BCUT2D eigenvalue weighted by atomic mass is 127. The van der Waals surface area contributed by atoms with Crippen LogP contribution in [0.2, 0.25) is 0 Å². The van der Waals surface area contributed by atoms with Crippen LogP contribution in [0.5, 0.6) is 0 Å². The summed E-state index contributed by atoms with van der Waals surface area (Å²) in [5.74, 6) is 0.958. The summed E-state index contributed by atoms with van der Waals surface area (Å²) >= 11 is 2.21. The second kappa shape index (κ2) is 1.85. The summed E-state index contributed by atoms with van der Waals surface area (Å²) in [6.07, 6.45) is 0. The molecule has 0 aliphatic carbocycles. The summed E-state index contributed by atoms with van der Waals surface area (Å²) in [4.78, 5) is 0. The normalized spacial score (nSPS) is 28.3. The van der Waals surface area contributed by atoms with Gasteiger partial charge in [-0.2, -0.15) is 5.10 Å². The Morgan fingerprint density at radius 1 is 1.86 bits per heavy atom. The fourth-order valence-electron chi connectivity index (χ4n) is 0.401. The van der Waals surface area contributed by atoms with Crippen LogP contribution < -0.4 is 10.7 Å². The number of hydrazone groups is 1. The first-order valence-electron chi connectivity index (χ1n) is 1.99. The first-order valence-corrected chi connectivity index (χ1v) is 3.24. The lowest BCUT2D eigenvalue weighted by atomic mass is 10.7. The van der Waals surface area contributed by atoms with Gasteiger partial charge in [-0.25, -0.2) is 0 Å². The molecule has 1 atom stereocenters. The monoisotopic (exact) mass is 211 g/mol. The number of halogens is 1. The molecule has 0 fully saturated rings. The standard InChI is InChI=1S/C3H6IN3/c1-2-5-3(4)7-6-2/h3,7H,1H3,(H,5,6). The Labute approximate surface area is 55.7 Å². The van der Waals surface area contributed by atoms with Gasteiger partial charge in [0.05, 0.1) is 0 Å². The fourth-order valence-corrected chi connectivity index (χ4v) is 0.991. The zero-order chi connectivity index (χ0) is 5.28. The lowest BCUT2D eigenvalue weighted by Crippen LogP contribution is -2.27. The minimum Gasteiger partial charge on any atom is -0.343 e. The Morgan fingerprint density at radius 2 is 2.57 bits per heavy atom. The van der Waals surface area contributed by atoms with E-state index in [2.05, 4.69) is 38.4 Å². The van der Waals surface area contributed by atoms with Gasteiger partial charge in [-0.05, 0) is 29.5 Å². The molecule has 1 aliphatic rings. The first-order chi connectivity index (χ1) is 3.29. The summed E-state index contributed by atoms with van der Waals surface area (Å²) in [6, 6.07) is 0. The predicted octanol–water partition coefficient (Wildman–Crippen LogP) is 0.231. The molecule has 3 nitrogen and oxygen atoms in total. The van der Waals surface area contributed by atoms with E-state index in [1.807, 2.05) is 6.92 Å². The number of rotatable bonds is 0. The highest BCUT2D eigenvalue weighted by Crippen LogP contribution is 1.95.